The molecule has 5 heteroatoms. The van der Waals surface area contributed by atoms with E-state index in [2.05, 4.69) is 32.8 Å². The highest BCUT2D eigenvalue weighted by Crippen LogP contribution is 2.25. The van der Waals surface area contributed by atoms with Crippen LogP contribution in [0.2, 0.25) is 0 Å². The number of rotatable bonds is 3. The van der Waals surface area contributed by atoms with Gasteiger partial charge >= 0.3 is 0 Å². The van der Waals surface area contributed by atoms with Crippen LogP contribution in [0.15, 0.2) is 4.60 Å². The third-order valence-electron chi connectivity index (χ3n) is 1.58. The van der Waals surface area contributed by atoms with Crippen molar-refractivity contribution in [2.24, 2.45) is 0 Å². The van der Waals surface area contributed by atoms with Crippen LogP contribution >= 0.6 is 15.9 Å². The Bertz CT molecular complexity index is 304. The fraction of sp³-hybridized carbons (Fsp3) is 0.500. The molecule has 72 valence electrons. The van der Waals surface area contributed by atoms with Gasteiger partial charge < -0.3 is 10.5 Å². The van der Waals surface area contributed by atoms with Gasteiger partial charge in [-0.3, -0.25) is 0 Å². The molecular weight excluding hydrogens is 234 g/mol. The average molecular weight is 246 g/mol. The number of aryl methyl sites for hydroxylation is 1. The minimum atomic E-state index is 0.435. The lowest BCUT2D eigenvalue weighted by Crippen LogP contribution is -2.03. The highest BCUT2D eigenvalue weighted by atomic mass is 79.9. The summed E-state index contributed by atoms with van der Waals surface area (Å²) in [5, 5.41) is 0. The molecule has 0 saturated heterocycles. The molecule has 0 saturated carbocycles. The Morgan fingerprint density at radius 1 is 1.46 bits per heavy atom. The van der Waals surface area contributed by atoms with Crippen molar-refractivity contribution in [1.82, 2.24) is 9.97 Å². The third kappa shape index (κ3) is 2.30. The summed E-state index contributed by atoms with van der Waals surface area (Å²) in [5.41, 5.74) is 6.11. The van der Waals surface area contributed by atoms with Crippen LogP contribution in [0, 0.1) is 0 Å². The highest BCUT2D eigenvalue weighted by Gasteiger charge is 2.08. The highest BCUT2D eigenvalue weighted by molar-refractivity contribution is 9.10. The van der Waals surface area contributed by atoms with Crippen molar-refractivity contribution in [2.75, 3.05) is 12.8 Å². The zero-order valence-corrected chi connectivity index (χ0v) is 9.26. The number of ether oxygens (including phenoxy) is 1. The van der Waals surface area contributed by atoms with Gasteiger partial charge in [0, 0.05) is 6.42 Å². The molecule has 0 radical (unpaired) electrons. The number of aromatic nitrogens is 2. The number of nitrogens with zero attached hydrogens (tertiary/aromatic N) is 2. The molecule has 0 aliphatic carbocycles. The van der Waals surface area contributed by atoms with Crippen LogP contribution in [0.4, 0.5) is 5.69 Å². The summed E-state index contributed by atoms with van der Waals surface area (Å²) in [6.07, 6.45) is 1.83. The molecule has 0 aliphatic rings. The Morgan fingerprint density at radius 3 is 2.69 bits per heavy atom. The van der Waals surface area contributed by atoms with E-state index in [1.807, 2.05) is 0 Å². The molecule has 1 aromatic heterocycles. The Hall–Kier alpha value is -0.840. The molecule has 0 atom stereocenters. The van der Waals surface area contributed by atoms with Gasteiger partial charge in [0.2, 0.25) is 5.88 Å². The maximum absolute atomic E-state index is 5.66. The first-order valence-electron chi connectivity index (χ1n) is 4.05. The lowest BCUT2D eigenvalue weighted by Gasteiger charge is -2.06. The molecule has 0 fully saturated rings. The quantitative estimate of drug-likeness (QED) is 0.826. The van der Waals surface area contributed by atoms with Crippen LogP contribution in [0.3, 0.4) is 0 Å². The van der Waals surface area contributed by atoms with E-state index < -0.39 is 0 Å². The number of nitrogen functional groups attached to an aromatic ring is 1. The van der Waals surface area contributed by atoms with Crippen molar-refractivity contribution in [3.8, 4) is 5.88 Å². The monoisotopic (exact) mass is 245 g/mol. The molecule has 0 aliphatic heterocycles. The predicted molar refractivity (Wildman–Crippen MR) is 54.7 cm³/mol. The summed E-state index contributed by atoms with van der Waals surface area (Å²) in [5.74, 6) is 1.19. The number of anilines is 1. The van der Waals surface area contributed by atoms with E-state index in [1.54, 1.807) is 7.11 Å². The summed E-state index contributed by atoms with van der Waals surface area (Å²) in [6, 6.07) is 0. The lowest BCUT2D eigenvalue weighted by molar-refractivity contribution is 0.396. The topological polar surface area (TPSA) is 61.0 Å². The molecule has 1 heterocycles. The summed E-state index contributed by atoms with van der Waals surface area (Å²) < 4.78 is 5.61. The average Bonchev–Trinajstić information content (AvgIpc) is 2.11. The van der Waals surface area contributed by atoms with Crippen molar-refractivity contribution in [3.05, 3.63) is 10.4 Å². The third-order valence-corrected chi connectivity index (χ3v) is 2.18. The van der Waals surface area contributed by atoms with Gasteiger partial charge in [-0.05, 0) is 22.4 Å². The molecule has 0 aromatic carbocycles. The summed E-state index contributed by atoms with van der Waals surface area (Å²) in [7, 11) is 1.54. The van der Waals surface area contributed by atoms with Gasteiger partial charge in [0.25, 0.3) is 0 Å². The number of hydrogen-bond acceptors (Lipinski definition) is 4. The fourth-order valence-electron chi connectivity index (χ4n) is 0.955. The van der Waals surface area contributed by atoms with Gasteiger partial charge in [-0.1, -0.05) is 6.92 Å². The first-order chi connectivity index (χ1) is 6.19. The molecule has 2 N–H and O–H groups in total. The predicted octanol–water partition coefficient (Wildman–Crippen LogP) is 1.78. The second-order valence-corrected chi connectivity index (χ2v) is 3.35. The molecule has 1 rings (SSSR count). The van der Waals surface area contributed by atoms with Crippen LogP contribution in [0.25, 0.3) is 0 Å². The molecule has 4 nitrogen and oxygen atoms in total. The van der Waals surface area contributed by atoms with Crippen LogP contribution in [0.5, 0.6) is 5.88 Å². The van der Waals surface area contributed by atoms with Crippen LogP contribution in [0.1, 0.15) is 19.2 Å². The molecule has 0 spiro atoms. The van der Waals surface area contributed by atoms with Crippen molar-refractivity contribution in [3.63, 3.8) is 0 Å². The maximum Gasteiger partial charge on any atom is 0.241 e. The molecule has 1 aromatic rings. The Balaban J connectivity index is 3.06. The zero-order valence-electron chi connectivity index (χ0n) is 7.67. The second-order valence-electron chi connectivity index (χ2n) is 2.60. The fourth-order valence-corrected chi connectivity index (χ4v) is 1.33. The number of halogens is 1. The van der Waals surface area contributed by atoms with Crippen molar-refractivity contribution in [1.29, 1.82) is 0 Å². The van der Waals surface area contributed by atoms with Gasteiger partial charge in [0.05, 0.1) is 7.11 Å². The minimum Gasteiger partial charge on any atom is -0.479 e. The minimum absolute atomic E-state index is 0.435. The number of methoxy groups -OCH3 is 1. The number of nitrogens with two attached hydrogens (primary N) is 1. The molecule has 0 bridgehead atoms. The molecule has 0 unspecified atom stereocenters. The van der Waals surface area contributed by atoms with E-state index >= 15 is 0 Å². The van der Waals surface area contributed by atoms with E-state index in [0.29, 0.717) is 16.2 Å². The summed E-state index contributed by atoms with van der Waals surface area (Å²) in [4.78, 5) is 8.32. The van der Waals surface area contributed by atoms with Gasteiger partial charge in [0.1, 0.15) is 16.1 Å². The van der Waals surface area contributed by atoms with Crippen molar-refractivity contribution in [2.45, 2.75) is 19.8 Å². The van der Waals surface area contributed by atoms with Crippen molar-refractivity contribution >= 4 is 21.6 Å². The second kappa shape index (κ2) is 4.41. The molecular formula is C8H12BrN3O. The molecule has 13 heavy (non-hydrogen) atoms. The first-order valence-corrected chi connectivity index (χ1v) is 4.84. The van der Waals surface area contributed by atoms with Gasteiger partial charge in [-0.25, -0.2) is 4.98 Å². The maximum atomic E-state index is 5.66. The van der Waals surface area contributed by atoms with E-state index in [9.17, 15) is 0 Å². The van der Waals surface area contributed by atoms with E-state index in [0.717, 1.165) is 18.7 Å². The van der Waals surface area contributed by atoms with Crippen LogP contribution in [-0.2, 0) is 6.42 Å². The Morgan fingerprint density at radius 2 is 2.15 bits per heavy atom. The smallest absolute Gasteiger partial charge is 0.241 e. The van der Waals surface area contributed by atoms with E-state index in [4.69, 9.17) is 10.5 Å². The normalized spacial score (nSPS) is 10.1. The first kappa shape index (κ1) is 10.2. The lowest BCUT2D eigenvalue weighted by atomic mass is 10.3. The molecule has 0 amide bonds. The summed E-state index contributed by atoms with van der Waals surface area (Å²) in [6.45, 7) is 2.07. The zero-order chi connectivity index (χ0) is 9.84. The van der Waals surface area contributed by atoms with Gasteiger partial charge in [-0.2, -0.15) is 4.98 Å². The van der Waals surface area contributed by atoms with Gasteiger partial charge in [0.15, 0.2) is 0 Å². The van der Waals surface area contributed by atoms with Crippen molar-refractivity contribution < 1.29 is 4.74 Å². The number of hydrogen-bond donors (Lipinski definition) is 1. The largest absolute Gasteiger partial charge is 0.479 e. The Kier molecular flexibility index (Phi) is 3.48. The Labute approximate surface area is 85.7 Å². The van der Waals surface area contributed by atoms with Crippen LogP contribution in [-0.4, -0.2) is 17.1 Å². The summed E-state index contributed by atoms with van der Waals surface area (Å²) >= 11 is 3.25. The van der Waals surface area contributed by atoms with E-state index in [-0.39, 0.29) is 0 Å². The van der Waals surface area contributed by atoms with E-state index in [1.165, 1.54) is 0 Å². The van der Waals surface area contributed by atoms with Crippen LogP contribution < -0.4 is 10.5 Å². The van der Waals surface area contributed by atoms with Gasteiger partial charge in [-0.15, -0.1) is 0 Å². The SMILES string of the molecule is CCCc1nc(Br)c(N)c(OC)n1. The standard InChI is InChI=1S/C8H12BrN3O/c1-3-4-5-11-7(9)6(10)8(12-5)13-2/h3-4,10H2,1-2H3.